The van der Waals surface area contributed by atoms with Crippen molar-refractivity contribution in [1.82, 2.24) is 10.2 Å². The molecule has 1 spiro atoms. The lowest BCUT2D eigenvalue weighted by Crippen LogP contribution is -2.52. The maximum atomic E-state index is 14.3. The maximum Gasteiger partial charge on any atom is 0.414 e. The van der Waals surface area contributed by atoms with Crippen molar-refractivity contribution in [1.29, 1.82) is 0 Å². The average molecular weight is 599 g/mol. The molecule has 2 unspecified atom stereocenters. The number of nitrogens with one attached hydrogen (secondary N) is 1. The van der Waals surface area contributed by atoms with E-state index in [1.807, 2.05) is 37.3 Å². The Morgan fingerprint density at radius 1 is 1.05 bits per heavy atom. The van der Waals surface area contributed by atoms with Gasteiger partial charge in [-0.2, -0.15) is 0 Å². The van der Waals surface area contributed by atoms with Crippen LogP contribution in [-0.4, -0.2) is 43.1 Å². The molecule has 2 aliphatic heterocycles. The van der Waals surface area contributed by atoms with E-state index in [0.29, 0.717) is 60.2 Å². The van der Waals surface area contributed by atoms with E-state index in [-0.39, 0.29) is 17.8 Å². The number of likely N-dealkylation sites (tertiary alicyclic amines) is 1. The number of rotatable bonds is 7. The molecule has 2 aliphatic rings. The molecule has 3 aromatic carbocycles. The van der Waals surface area contributed by atoms with Crippen LogP contribution >= 0.6 is 23.2 Å². The number of benzene rings is 3. The molecule has 1 saturated heterocycles. The van der Waals surface area contributed by atoms with Crippen LogP contribution < -0.4 is 10.2 Å². The molecule has 2 amide bonds. The van der Waals surface area contributed by atoms with E-state index in [9.17, 15) is 14.0 Å². The first-order valence-electron chi connectivity index (χ1n) is 13.9. The third kappa shape index (κ3) is 6.22. The molecule has 0 aliphatic carbocycles. The number of nitrogens with zero attached hydrogens (tertiary/aromatic N) is 2. The predicted octanol–water partition coefficient (Wildman–Crippen LogP) is 7.20. The summed E-state index contributed by atoms with van der Waals surface area (Å²) in [6.07, 6.45) is 1.18. The van der Waals surface area contributed by atoms with Crippen molar-refractivity contribution in [3.8, 4) is 0 Å². The SMILES string of the molecule is Cc1ccc(CNC(=O)C(CC(C)N2CCC3(CC2)OC(=O)N(C)c2ccc(F)cc23)c2ccc(Cl)c(Cl)c2)cc1. The van der Waals surface area contributed by atoms with Crippen molar-refractivity contribution in [3.05, 3.63) is 98.8 Å². The van der Waals surface area contributed by atoms with E-state index >= 15 is 0 Å². The largest absolute Gasteiger partial charge is 0.437 e. The molecular formula is C32H34Cl2FN3O3. The highest BCUT2D eigenvalue weighted by atomic mass is 35.5. The first-order valence-corrected chi connectivity index (χ1v) is 14.6. The fraction of sp³-hybridized carbons (Fsp3) is 0.375. The Morgan fingerprint density at radius 3 is 2.44 bits per heavy atom. The summed E-state index contributed by atoms with van der Waals surface area (Å²) in [5.74, 6) is -0.888. The van der Waals surface area contributed by atoms with Crippen LogP contribution in [0, 0.1) is 12.7 Å². The standard InChI is InChI=1S/C32H34Cl2FN3O3/c1-20-4-6-22(7-5-20)19-36-30(39)25(23-8-10-27(33)28(34)17-23)16-21(2)38-14-12-32(13-15-38)26-18-24(35)9-11-29(26)37(3)31(40)41-32/h4-11,17-18,21,25H,12-16,19H2,1-3H3,(H,36,39). The summed E-state index contributed by atoms with van der Waals surface area (Å²) in [6.45, 7) is 5.82. The van der Waals surface area contributed by atoms with E-state index in [4.69, 9.17) is 27.9 Å². The molecule has 216 valence electrons. The molecule has 0 radical (unpaired) electrons. The summed E-state index contributed by atoms with van der Waals surface area (Å²) in [5.41, 5.74) is 3.50. The van der Waals surface area contributed by atoms with Crippen LogP contribution in [0.3, 0.4) is 0 Å². The van der Waals surface area contributed by atoms with Gasteiger partial charge in [-0.25, -0.2) is 9.18 Å². The molecule has 41 heavy (non-hydrogen) atoms. The number of amides is 2. The summed E-state index contributed by atoms with van der Waals surface area (Å²) in [4.78, 5) is 30.0. The summed E-state index contributed by atoms with van der Waals surface area (Å²) >= 11 is 12.5. The minimum absolute atomic E-state index is 0.0332. The Hall–Kier alpha value is -3.13. The summed E-state index contributed by atoms with van der Waals surface area (Å²) in [6, 6.07) is 17.9. The molecule has 2 heterocycles. The third-order valence-electron chi connectivity index (χ3n) is 8.42. The number of ether oxygens (including phenoxy) is 1. The zero-order valence-electron chi connectivity index (χ0n) is 23.4. The van der Waals surface area contributed by atoms with Crippen LogP contribution in [-0.2, 0) is 21.7 Å². The first kappa shape index (κ1) is 29.4. The smallest absolute Gasteiger partial charge is 0.414 e. The van der Waals surface area contributed by atoms with Crippen LogP contribution in [0.15, 0.2) is 60.7 Å². The quantitative estimate of drug-likeness (QED) is 0.313. The number of halogens is 3. The van der Waals surface area contributed by atoms with Gasteiger partial charge in [0.15, 0.2) is 0 Å². The van der Waals surface area contributed by atoms with E-state index in [1.165, 1.54) is 17.0 Å². The van der Waals surface area contributed by atoms with Crippen molar-refractivity contribution < 1.29 is 18.7 Å². The van der Waals surface area contributed by atoms with Crippen molar-refractivity contribution >= 4 is 40.9 Å². The molecule has 3 aromatic rings. The van der Waals surface area contributed by atoms with E-state index in [2.05, 4.69) is 17.1 Å². The molecule has 6 nitrogen and oxygen atoms in total. The highest BCUT2D eigenvalue weighted by Crippen LogP contribution is 2.46. The van der Waals surface area contributed by atoms with Crippen molar-refractivity contribution in [2.24, 2.45) is 0 Å². The molecule has 9 heteroatoms. The van der Waals surface area contributed by atoms with Crippen LogP contribution in [0.5, 0.6) is 0 Å². The van der Waals surface area contributed by atoms with Crippen LogP contribution in [0.2, 0.25) is 10.0 Å². The van der Waals surface area contributed by atoms with Gasteiger partial charge in [-0.1, -0.05) is 59.1 Å². The zero-order chi connectivity index (χ0) is 29.3. The van der Waals surface area contributed by atoms with Crippen LogP contribution in [0.1, 0.15) is 54.4 Å². The zero-order valence-corrected chi connectivity index (χ0v) is 24.9. The molecule has 0 bridgehead atoms. The molecule has 1 fully saturated rings. The van der Waals surface area contributed by atoms with Gasteiger partial charge in [0, 0.05) is 51.1 Å². The second-order valence-electron chi connectivity index (χ2n) is 11.1. The topological polar surface area (TPSA) is 61.9 Å². The van der Waals surface area contributed by atoms with Gasteiger partial charge in [-0.15, -0.1) is 0 Å². The highest BCUT2D eigenvalue weighted by molar-refractivity contribution is 6.42. The molecule has 5 rings (SSSR count). The number of aryl methyl sites for hydroxylation is 1. The lowest BCUT2D eigenvalue weighted by molar-refractivity contribution is -0.123. The summed E-state index contributed by atoms with van der Waals surface area (Å²) < 4.78 is 20.2. The number of anilines is 1. The van der Waals surface area contributed by atoms with Gasteiger partial charge < -0.3 is 15.0 Å². The normalized spacial score (nSPS) is 18.0. The average Bonchev–Trinajstić information content (AvgIpc) is 2.96. The molecular weight excluding hydrogens is 564 g/mol. The fourth-order valence-electron chi connectivity index (χ4n) is 5.88. The van der Waals surface area contributed by atoms with Gasteiger partial charge in [-0.05, 0) is 61.7 Å². The monoisotopic (exact) mass is 597 g/mol. The number of carbonyl (C=O) groups is 2. The number of fused-ring (bicyclic) bond motifs is 2. The summed E-state index contributed by atoms with van der Waals surface area (Å²) in [5, 5.41) is 3.94. The predicted molar refractivity (Wildman–Crippen MR) is 160 cm³/mol. The van der Waals surface area contributed by atoms with Gasteiger partial charge in [0.05, 0.1) is 21.7 Å². The first-order chi connectivity index (χ1) is 19.6. The van der Waals surface area contributed by atoms with Crippen LogP contribution in [0.25, 0.3) is 0 Å². The number of piperidine rings is 1. The van der Waals surface area contributed by atoms with Crippen molar-refractivity contribution in [3.63, 3.8) is 0 Å². The molecule has 0 saturated carbocycles. The van der Waals surface area contributed by atoms with Gasteiger partial charge in [-0.3, -0.25) is 9.69 Å². The molecule has 0 aromatic heterocycles. The number of carbonyl (C=O) groups excluding carboxylic acids is 2. The number of hydrogen-bond acceptors (Lipinski definition) is 4. The highest BCUT2D eigenvalue weighted by Gasteiger charge is 2.47. The number of hydrogen-bond donors (Lipinski definition) is 1. The Kier molecular flexibility index (Phi) is 8.60. The van der Waals surface area contributed by atoms with Gasteiger partial charge in [0.2, 0.25) is 5.91 Å². The van der Waals surface area contributed by atoms with E-state index in [0.717, 1.165) is 16.7 Å². The fourth-order valence-corrected chi connectivity index (χ4v) is 6.19. The Labute approximate surface area is 250 Å². The second-order valence-corrected chi connectivity index (χ2v) is 11.9. The van der Waals surface area contributed by atoms with Gasteiger partial charge in [0.1, 0.15) is 11.4 Å². The maximum absolute atomic E-state index is 14.3. The van der Waals surface area contributed by atoms with E-state index in [1.54, 1.807) is 25.2 Å². The van der Waals surface area contributed by atoms with Gasteiger partial charge >= 0.3 is 6.09 Å². The molecule has 2 atom stereocenters. The van der Waals surface area contributed by atoms with E-state index < -0.39 is 17.6 Å². The van der Waals surface area contributed by atoms with Crippen molar-refractivity contribution in [2.75, 3.05) is 25.0 Å². The minimum Gasteiger partial charge on any atom is -0.437 e. The second kappa shape index (κ2) is 12.0. The van der Waals surface area contributed by atoms with Gasteiger partial charge in [0.25, 0.3) is 0 Å². The third-order valence-corrected chi connectivity index (χ3v) is 9.16. The Balaban J connectivity index is 1.31. The Bertz CT molecular complexity index is 1440. The Morgan fingerprint density at radius 2 is 1.76 bits per heavy atom. The summed E-state index contributed by atoms with van der Waals surface area (Å²) in [7, 11) is 1.64. The van der Waals surface area contributed by atoms with Crippen molar-refractivity contribution in [2.45, 2.75) is 57.2 Å². The lowest BCUT2D eigenvalue weighted by atomic mass is 9.81. The molecule has 1 N–H and O–H groups in total. The minimum atomic E-state index is -0.869. The van der Waals surface area contributed by atoms with Crippen LogP contribution in [0.4, 0.5) is 14.9 Å². The lowest BCUT2D eigenvalue weighted by Gasteiger charge is -2.47.